The van der Waals surface area contributed by atoms with Gasteiger partial charge in [-0.05, 0) is 41.5 Å². The number of halogens is 3. The van der Waals surface area contributed by atoms with E-state index in [4.69, 9.17) is 5.11 Å². The zero-order valence-electron chi connectivity index (χ0n) is 13.1. The molecular formula is C16H18F3NO3. The van der Waals surface area contributed by atoms with Crippen LogP contribution in [0.3, 0.4) is 0 Å². The fraction of sp³-hybridized carbons (Fsp3) is 0.500. The zero-order valence-corrected chi connectivity index (χ0v) is 13.1. The Morgan fingerprint density at radius 2 is 1.83 bits per heavy atom. The van der Waals surface area contributed by atoms with Gasteiger partial charge in [0.15, 0.2) is 0 Å². The second-order valence-electron chi connectivity index (χ2n) is 6.83. The lowest BCUT2D eigenvalue weighted by Gasteiger charge is -2.41. The molecule has 7 heteroatoms. The van der Waals surface area contributed by atoms with Gasteiger partial charge in [-0.1, -0.05) is 20.8 Å². The Morgan fingerprint density at radius 3 is 2.30 bits per heavy atom. The fourth-order valence-electron chi connectivity index (χ4n) is 2.72. The zero-order chi connectivity index (χ0) is 17.6. The number of fused-ring (bicyclic) bond motifs is 1. The summed E-state index contributed by atoms with van der Waals surface area (Å²) in [5.41, 5.74) is 0.269. The summed E-state index contributed by atoms with van der Waals surface area (Å²) in [6, 6.07) is 3.85. The summed E-state index contributed by atoms with van der Waals surface area (Å²) in [6.45, 7) is 5.63. The number of amides is 1. The third-order valence-corrected chi connectivity index (χ3v) is 4.20. The highest BCUT2D eigenvalue weighted by atomic mass is 19.4. The number of alkyl halides is 3. The van der Waals surface area contributed by atoms with Crippen molar-refractivity contribution in [2.45, 2.75) is 33.4 Å². The molecule has 1 aliphatic rings. The van der Waals surface area contributed by atoms with Crippen LogP contribution in [0.15, 0.2) is 18.2 Å². The molecule has 0 aromatic heterocycles. The molecule has 1 amide bonds. The van der Waals surface area contributed by atoms with Crippen LogP contribution in [-0.4, -0.2) is 29.7 Å². The molecule has 0 radical (unpaired) electrons. The standard InChI is InChI=1S/C16H18F3NO3/c1-15(2,3)11-7-10-6-9(13(21)22)4-5-12(10)20(8-11)14(23)16(17,18)19/h4-6,11H,7-8H2,1-3H3,(H,21,22). The molecule has 1 atom stereocenters. The summed E-state index contributed by atoms with van der Waals surface area (Å²) < 4.78 is 38.6. The third-order valence-electron chi connectivity index (χ3n) is 4.20. The van der Waals surface area contributed by atoms with Crippen LogP contribution in [0.1, 0.15) is 36.7 Å². The Bertz CT molecular complexity index is 647. The number of aromatic carboxylic acids is 1. The largest absolute Gasteiger partial charge is 0.478 e. The highest BCUT2D eigenvalue weighted by Crippen LogP contribution is 2.39. The van der Waals surface area contributed by atoms with Gasteiger partial charge in [-0.25, -0.2) is 4.79 Å². The van der Waals surface area contributed by atoms with Gasteiger partial charge in [0.05, 0.1) is 5.56 Å². The minimum absolute atomic E-state index is 0.00211. The first-order valence-electron chi connectivity index (χ1n) is 7.16. The van der Waals surface area contributed by atoms with Crippen molar-refractivity contribution in [3.63, 3.8) is 0 Å². The minimum Gasteiger partial charge on any atom is -0.478 e. The van der Waals surface area contributed by atoms with Crippen LogP contribution in [0.2, 0.25) is 0 Å². The van der Waals surface area contributed by atoms with Gasteiger partial charge < -0.3 is 10.0 Å². The van der Waals surface area contributed by atoms with Crippen LogP contribution in [0.25, 0.3) is 0 Å². The topological polar surface area (TPSA) is 57.6 Å². The van der Waals surface area contributed by atoms with Gasteiger partial charge in [0.2, 0.25) is 0 Å². The van der Waals surface area contributed by atoms with Gasteiger partial charge >= 0.3 is 18.1 Å². The molecule has 1 aromatic carbocycles. The lowest BCUT2D eigenvalue weighted by molar-refractivity contribution is -0.170. The van der Waals surface area contributed by atoms with Gasteiger partial charge in [0.25, 0.3) is 0 Å². The minimum atomic E-state index is -4.97. The Labute approximate surface area is 131 Å². The van der Waals surface area contributed by atoms with Crippen molar-refractivity contribution in [3.8, 4) is 0 Å². The molecule has 1 unspecified atom stereocenters. The van der Waals surface area contributed by atoms with Crippen molar-refractivity contribution in [3.05, 3.63) is 29.3 Å². The maximum Gasteiger partial charge on any atom is 0.471 e. The van der Waals surface area contributed by atoms with Gasteiger partial charge in [-0.15, -0.1) is 0 Å². The lowest BCUT2D eigenvalue weighted by Crippen LogP contribution is -2.49. The van der Waals surface area contributed by atoms with E-state index >= 15 is 0 Å². The summed E-state index contributed by atoms with van der Waals surface area (Å²) in [7, 11) is 0. The van der Waals surface area contributed by atoms with E-state index in [1.54, 1.807) is 0 Å². The molecule has 1 aromatic rings. The Balaban J connectivity index is 2.52. The first kappa shape index (κ1) is 17.3. The summed E-state index contributed by atoms with van der Waals surface area (Å²) in [5, 5.41) is 9.06. The number of anilines is 1. The quantitative estimate of drug-likeness (QED) is 0.858. The van der Waals surface area contributed by atoms with Crippen molar-refractivity contribution in [1.82, 2.24) is 0 Å². The summed E-state index contributed by atoms with van der Waals surface area (Å²) in [6.07, 6.45) is -4.54. The predicted molar refractivity (Wildman–Crippen MR) is 78.5 cm³/mol. The first-order valence-corrected chi connectivity index (χ1v) is 7.16. The number of benzene rings is 1. The van der Waals surface area contributed by atoms with E-state index in [0.717, 1.165) is 4.90 Å². The molecule has 1 heterocycles. The molecular weight excluding hydrogens is 311 g/mol. The first-order chi connectivity index (χ1) is 10.4. The normalized spacial score (nSPS) is 18.5. The van der Waals surface area contributed by atoms with Crippen LogP contribution in [-0.2, 0) is 11.2 Å². The van der Waals surface area contributed by atoms with Crippen LogP contribution in [0.4, 0.5) is 18.9 Å². The maximum absolute atomic E-state index is 12.9. The van der Waals surface area contributed by atoms with E-state index in [0.29, 0.717) is 12.0 Å². The van der Waals surface area contributed by atoms with E-state index in [2.05, 4.69) is 0 Å². The number of nitrogens with zero attached hydrogens (tertiary/aromatic N) is 1. The summed E-state index contributed by atoms with van der Waals surface area (Å²) >= 11 is 0. The molecule has 0 bridgehead atoms. The van der Waals surface area contributed by atoms with E-state index < -0.39 is 18.1 Å². The number of hydrogen-bond acceptors (Lipinski definition) is 2. The van der Waals surface area contributed by atoms with Gasteiger partial charge in [0.1, 0.15) is 0 Å². The highest BCUT2D eigenvalue weighted by Gasteiger charge is 2.46. The van der Waals surface area contributed by atoms with Crippen LogP contribution < -0.4 is 4.90 Å². The van der Waals surface area contributed by atoms with Crippen molar-refractivity contribution in [1.29, 1.82) is 0 Å². The van der Waals surface area contributed by atoms with Crippen molar-refractivity contribution >= 4 is 17.6 Å². The molecule has 23 heavy (non-hydrogen) atoms. The van der Waals surface area contributed by atoms with Crippen LogP contribution in [0, 0.1) is 11.3 Å². The Kier molecular flexibility index (Phi) is 4.17. The predicted octanol–water partition coefficient (Wildman–Crippen LogP) is 3.50. The second kappa shape index (κ2) is 5.54. The molecule has 0 saturated heterocycles. The number of hydrogen-bond donors (Lipinski definition) is 1. The number of carboxylic acids is 1. The SMILES string of the molecule is CC(C)(C)C1Cc2cc(C(=O)O)ccc2N(C(=O)C(F)(F)F)C1. The fourth-order valence-corrected chi connectivity index (χ4v) is 2.72. The molecule has 2 rings (SSSR count). The maximum atomic E-state index is 12.9. The average Bonchev–Trinajstić information content (AvgIpc) is 2.42. The molecule has 4 nitrogen and oxygen atoms in total. The summed E-state index contributed by atoms with van der Waals surface area (Å²) in [5.74, 6) is -3.28. The van der Waals surface area contributed by atoms with E-state index in [1.165, 1.54) is 18.2 Å². The van der Waals surface area contributed by atoms with E-state index in [-0.39, 0.29) is 29.1 Å². The van der Waals surface area contributed by atoms with Crippen LogP contribution >= 0.6 is 0 Å². The number of carbonyl (C=O) groups is 2. The average molecular weight is 329 g/mol. The molecule has 0 spiro atoms. The molecule has 0 fully saturated rings. The molecule has 1 aliphatic heterocycles. The van der Waals surface area contributed by atoms with Gasteiger partial charge in [0, 0.05) is 12.2 Å². The molecule has 126 valence electrons. The van der Waals surface area contributed by atoms with Crippen molar-refractivity contribution in [2.75, 3.05) is 11.4 Å². The van der Waals surface area contributed by atoms with Gasteiger partial charge in [-0.3, -0.25) is 4.79 Å². The van der Waals surface area contributed by atoms with Gasteiger partial charge in [-0.2, -0.15) is 13.2 Å². The number of carboxylic acid groups (broad SMARTS) is 1. The van der Waals surface area contributed by atoms with Crippen LogP contribution in [0.5, 0.6) is 0 Å². The lowest BCUT2D eigenvalue weighted by atomic mass is 9.74. The monoisotopic (exact) mass is 329 g/mol. The van der Waals surface area contributed by atoms with E-state index in [1.807, 2.05) is 20.8 Å². The smallest absolute Gasteiger partial charge is 0.471 e. The van der Waals surface area contributed by atoms with Crippen molar-refractivity contribution < 1.29 is 27.9 Å². The second-order valence-corrected chi connectivity index (χ2v) is 6.83. The van der Waals surface area contributed by atoms with E-state index in [9.17, 15) is 22.8 Å². The molecule has 1 N–H and O–H groups in total. The Hall–Kier alpha value is -2.05. The molecule has 0 saturated carbocycles. The third kappa shape index (κ3) is 3.48. The van der Waals surface area contributed by atoms with Crippen molar-refractivity contribution in [2.24, 2.45) is 11.3 Å². The summed E-state index contributed by atoms with van der Waals surface area (Å²) in [4.78, 5) is 23.6. The Morgan fingerprint density at radius 1 is 1.22 bits per heavy atom. The number of rotatable bonds is 1. The number of carbonyl (C=O) groups excluding carboxylic acids is 1. The molecule has 0 aliphatic carbocycles. The highest BCUT2D eigenvalue weighted by molar-refractivity contribution is 5.99.